The number of aromatic nitrogens is 2. The van der Waals surface area contributed by atoms with E-state index in [0.717, 1.165) is 29.0 Å². The number of nitrogens with one attached hydrogen (secondary N) is 1. The Morgan fingerprint density at radius 1 is 1.44 bits per heavy atom. The first-order chi connectivity index (χ1) is 8.58. The third kappa shape index (κ3) is 3.33. The van der Waals surface area contributed by atoms with Crippen LogP contribution in [0.4, 0.5) is 0 Å². The summed E-state index contributed by atoms with van der Waals surface area (Å²) in [4.78, 5) is 3.23. The van der Waals surface area contributed by atoms with Crippen LogP contribution in [-0.4, -0.2) is 22.8 Å². The lowest BCUT2D eigenvalue weighted by Crippen LogP contribution is -2.09. The van der Waals surface area contributed by atoms with Gasteiger partial charge in [-0.2, -0.15) is 0 Å². The zero-order valence-corrected chi connectivity index (χ0v) is 13.5. The van der Waals surface area contributed by atoms with E-state index >= 15 is 0 Å². The number of nitrogens with zero attached hydrogens (tertiary/aromatic N) is 1. The van der Waals surface area contributed by atoms with E-state index in [-0.39, 0.29) is 0 Å². The van der Waals surface area contributed by atoms with Crippen molar-refractivity contribution >= 4 is 45.8 Å². The molecule has 1 heterocycles. The fourth-order valence-electron chi connectivity index (χ4n) is 1.83. The highest BCUT2D eigenvalue weighted by Gasteiger charge is 2.04. The summed E-state index contributed by atoms with van der Waals surface area (Å²) in [6, 6.07) is 6.31. The van der Waals surface area contributed by atoms with Crippen molar-refractivity contribution in [1.82, 2.24) is 9.55 Å². The second-order valence-corrected chi connectivity index (χ2v) is 6.34. The van der Waals surface area contributed by atoms with Crippen LogP contribution >= 0.6 is 34.8 Å². The molecular weight excluding hydrogens is 359 g/mol. The Labute approximate surface area is 126 Å². The van der Waals surface area contributed by atoms with E-state index in [1.807, 2.05) is 0 Å². The molecule has 0 radical (unpaired) electrons. The first kappa shape index (κ1) is 14.0. The zero-order chi connectivity index (χ0) is 13.1. The van der Waals surface area contributed by atoms with Gasteiger partial charge in [0.1, 0.15) is 0 Å². The molecule has 0 fully saturated rings. The number of ether oxygens (including phenoxy) is 1. The molecule has 5 heteroatoms. The SMILES string of the molecule is CC(C)COCCn1c(=S)[nH]c2cc(I)ccc21. The van der Waals surface area contributed by atoms with Crippen LogP contribution in [0.1, 0.15) is 13.8 Å². The Balaban J connectivity index is 2.13. The van der Waals surface area contributed by atoms with Gasteiger partial charge in [-0.1, -0.05) is 13.8 Å². The molecule has 98 valence electrons. The van der Waals surface area contributed by atoms with Gasteiger partial charge in [0, 0.05) is 16.7 Å². The normalized spacial score (nSPS) is 11.6. The van der Waals surface area contributed by atoms with Gasteiger partial charge in [-0.15, -0.1) is 0 Å². The summed E-state index contributed by atoms with van der Waals surface area (Å²) in [6.07, 6.45) is 0. The number of aromatic amines is 1. The summed E-state index contributed by atoms with van der Waals surface area (Å²) >= 11 is 7.65. The number of H-pyrrole nitrogens is 1. The van der Waals surface area contributed by atoms with Crippen LogP contribution in [-0.2, 0) is 11.3 Å². The molecule has 0 unspecified atom stereocenters. The van der Waals surface area contributed by atoms with Crippen molar-refractivity contribution in [1.29, 1.82) is 0 Å². The molecule has 1 aromatic heterocycles. The predicted molar refractivity (Wildman–Crippen MR) is 85.5 cm³/mol. The van der Waals surface area contributed by atoms with Crippen molar-refractivity contribution in [2.75, 3.05) is 13.2 Å². The zero-order valence-electron chi connectivity index (χ0n) is 10.6. The van der Waals surface area contributed by atoms with Gasteiger partial charge in [-0.3, -0.25) is 0 Å². The maximum atomic E-state index is 5.61. The van der Waals surface area contributed by atoms with Crippen molar-refractivity contribution < 1.29 is 4.74 Å². The monoisotopic (exact) mass is 376 g/mol. The van der Waals surface area contributed by atoms with Gasteiger partial charge < -0.3 is 14.3 Å². The van der Waals surface area contributed by atoms with Crippen molar-refractivity contribution in [2.45, 2.75) is 20.4 Å². The predicted octanol–water partition coefficient (Wildman–Crippen LogP) is 3.98. The highest BCUT2D eigenvalue weighted by molar-refractivity contribution is 14.1. The third-order valence-electron chi connectivity index (χ3n) is 2.65. The highest BCUT2D eigenvalue weighted by atomic mass is 127. The Hall–Kier alpha value is -0.400. The molecule has 0 amide bonds. The number of fused-ring (bicyclic) bond motifs is 1. The Morgan fingerprint density at radius 3 is 2.94 bits per heavy atom. The molecule has 0 aliphatic rings. The van der Waals surface area contributed by atoms with Crippen molar-refractivity contribution in [3.05, 3.63) is 26.5 Å². The molecule has 0 saturated carbocycles. The molecule has 0 atom stereocenters. The minimum Gasteiger partial charge on any atom is -0.379 e. The lowest BCUT2D eigenvalue weighted by Gasteiger charge is -2.08. The number of benzene rings is 1. The van der Waals surface area contributed by atoms with E-state index in [9.17, 15) is 0 Å². The molecule has 18 heavy (non-hydrogen) atoms. The van der Waals surface area contributed by atoms with Gasteiger partial charge in [0.2, 0.25) is 0 Å². The Morgan fingerprint density at radius 2 is 2.22 bits per heavy atom. The minimum atomic E-state index is 0.572. The molecule has 2 aromatic rings. The van der Waals surface area contributed by atoms with E-state index in [0.29, 0.717) is 12.5 Å². The quantitative estimate of drug-likeness (QED) is 0.486. The first-order valence-corrected chi connectivity index (χ1v) is 7.52. The third-order valence-corrected chi connectivity index (χ3v) is 3.64. The van der Waals surface area contributed by atoms with E-state index in [4.69, 9.17) is 17.0 Å². The summed E-state index contributed by atoms with van der Waals surface area (Å²) in [5.74, 6) is 0.572. The average molecular weight is 376 g/mol. The number of hydrogen-bond donors (Lipinski definition) is 1. The van der Waals surface area contributed by atoms with Crippen LogP contribution in [0.3, 0.4) is 0 Å². The van der Waals surface area contributed by atoms with Crippen molar-refractivity contribution in [3.63, 3.8) is 0 Å². The van der Waals surface area contributed by atoms with Crippen molar-refractivity contribution in [3.8, 4) is 0 Å². The Kier molecular flexibility index (Phi) is 4.80. The molecule has 0 saturated heterocycles. The molecule has 1 aromatic carbocycles. The molecule has 3 nitrogen and oxygen atoms in total. The van der Waals surface area contributed by atoms with Crippen molar-refractivity contribution in [2.24, 2.45) is 5.92 Å². The topological polar surface area (TPSA) is 29.9 Å². The molecule has 0 aliphatic carbocycles. The van der Waals surface area contributed by atoms with Crippen LogP contribution in [0.25, 0.3) is 11.0 Å². The molecule has 0 bridgehead atoms. The standard InChI is InChI=1S/C13H17IN2OS/c1-9(2)8-17-6-5-16-12-4-3-10(14)7-11(12)15-13(16)18/h3-4,7,9H,5-6,8H2,1-2H3,(H,15,18). The van der Waals surface area contributed by atoms with Crippen LogP contribution in [0.5, 0.6) is 0 Å². The molecule has 0 aliphatic heterocycles. The van der Waals surface area contributed by atoms with Crippen LogP contribution in [0.2, 0.25) is 0 Å². The van der Waals surface area contributed by atoms with Gasteiger partial charge in [-0.25, -0.2) is 0 Å². The van der Waals surface area contributed by atoms with Gasteiger partial charge >= 0.3 is 0 Å². The van der Waals surface area contributed by atoms with E-state index in [1.165, 1.54) is 3.57 Å². The number of hydrogen-bond acceptors (Lipinski definition) is 2. The maximum Gasteiger partial charge on any atom is 0.178 e. The molecule has 2 rings (SSSR count). The van der Waals surface area contributed by atoms with Gasteiger partial charge in [0.25, 0.3) is 0 Å². The lowest BCUT2D eigenvalue weighted by atomic mass is 10.2. The summed E-state index contributed by atoms with van der Waals surface area (Å²) in [5, 5.41) is 0. The first-order valence-electron chi connectivity index (χ1n) is 6.03. The van der Waals surface area contributed by atoms with E-state index in [1.54, 1.807) is 0 Å². The van der Waals surface area contributed by atoms with Gasteiger partial charge in [0.15, 0.2) is 4.77 Å². The van der Waals surface area contributed by atoms with Crippen LogP contribution in [0.15, 0.2) is 18.2 Å². The molecular formula is C13H17IN2OS. The number of rotatable bonds is 5. The Bertz CT molecular complexity index is 588. The summed E-state index contributed by atoms with van der Waals surface area (Å²) in [7, 11) is 0. The van der Waals surface area contributed by atoms with Gasteiger partial charge in [-0.05, 0) is 58.9 Å². The summed E-state index contributed by atoms with van der Waals surface area (Å²) < 4.78 is 9.68. The van der Waals surface area contributed by atoms with Crippen LogP contribution < -0.4 is 0 Å². The van der Waals surface area contributed by atoms with Gasteiger partial charge in [0.05, 0.1) is 17.6 Å². The largest absolute Gasteiger partial charge is 0.379 e. The smallest absolute Gasteiger partial charge is 0.178 e. The minimum absolute atomic E-state index is 0.572. The van der Waals surface area contributed by atoms with E-state index in [2.05, 4.69) is 64.2 Å². The highest BCUT2D eigenvalue weighted by Crippen LogP contribution is 2.17. The fourth-order valence-corrected chi connectivity index (χ4v) is 2.62. The van der Waals surface area contributed by atoms with Crippen LogP contribution in [0, 0.1) is 14.3 Å². The lowest BCUT2D eigenvalue weighted by molar-refractivity contribution is 0.103. The number of halogens is 1. The fraction of sp³-hybridized carbons (Fsp3) is 0.462. The second-order valence-electron chi connectivity index (χ2n) is 4.71. The molecule has 1 N–H and O–H groups in total. The number of imidazole rings is 1. The molecule has 0 spiro atoms. The summed E-state index contributed by atoms with van der Waals surface area (Å²) in [6.45, 7) is 6.60. The second kappa shape index (κ2) is 6.16. The summed E-state index contributed by atoms with van der Waals surface area (Å²) in [5.41, 5.74) is 2.24. The van der Waals surface area contributed by atoms with E-state index < -0.39 is 0 Å². The maximum absolute atomic E-state index is 5.61. The average Bonchev–Trinajstić information content (AvgIpc) is 2.59.